The van der Waals surface area contributed by atoms with Gasteiger partial charge >= 0.3 is 0 Å². The lowest BCUT2D eigenvalue weighted by atomic mass is 10.3. The number of benzene rings is 1. The molecule has 0 unspecified atom stereocenters. The predicted molar refractivity (Wildman–Crippen MR) is 102 cm³/mol. The molecule has 0 bridgehead atoms. The molecule has 0 radical (unpaired) electrons. The van der Waals surface area contributed by atoms with Crippen LogP contribution in [-0.2, 0) is 0 Å². The van der Waals surface area contributed by atoms with Crippen molar-refractivity contribution >= 4 is 0 Å². The second-order valence-corrected chi connectivity index (χ2v) is 7.12. The van der Waals surface area contributed by atoms with E-state index in [1.807, 2.05) is 24.3 Å². The molecule has 0 aliphatic carbocycles. The maximum atomic E-state index is 5.88. The van der Waals surface area contributed by atoms with Gasteiger partial charge < -0.3 is 66.4 Å². The Balaban J connectivity index is 0. The first kappa shape index (κ1) is 28.4. The molecule has 0 heterocycles. The summed E-state index contributed by atoms with van der Waals surface area (Å²) in [6.45, 7) is 17.1. The maximum Gasteiger partial charge on any atom is 0.137 e. The Hall–Kier alpha value is 0.200. The van der Waals surface area contributed by atoms with Crippen molar-refractivity contribution in [2.45, 2.75) is 27.7 Å². The van der Waals surface area contributed by atoms with Crippen LogP contribution in [0.2, 0.25) is 0 Å². The third-order valence-electron chi connectivity index (χ3n) is 5.68. The van der Waals surface area contributed by atoms with Crippen LogP contribution in [0.15, 0.2) is 24.3 Å². The van der Waals surface area contributed by atoms with Gasteiger partial charge in [0.05, 0.1) is 40.3 Å². The van der Waals surface area contributed by atoms with Crippen LogP contribution in [0, 0.1) is 0 Å². The van der Waals surface area contributed by atoms with E-state index in [0.29, 0.717) is 0 Å². The van der Waals surface area contributed by atoms with Crippen molar-refractivity contribution in [1.82, 2.24) is 0 Å². The quantitative estimate of drug-likeness (QED) is 0.197. The third kappa shape index (κ3) is 9.94. The van der Waals surface area contributed by atoms with E-state index < -0.39 is 0 Å². The molecule has 0 amide bonds. The van der Waals surface area contributed by atoms with Crippen LogP contribution >= 0.6 is 0 Å². The standard InChI is InChI=1S/C20H38N2O2.2HI/c1-7-21(5,8-2)15-17-23-19-11-13-20(14-12-19)24-18-16-22(6,9-3)10-4;;/h11-14H,7-10,15-18H2,1-6H3;2*1H/q+2;;/p-2. The summed E-state index contributed by atoms with van der Waals surface area (Å²) in [7, 11) is 4.55. The number of ether oxygens (including phenoxy) is 2. The van der Waals surface area contributed by atoms with Crippen molar-refractivity contribution in [2.24, 2.45) is 0 Å². The van der Waals surface area contributed by atoms with Gasteiger partial charge in [0, 0.05) is 0 Å². The van der Waals surface area contributed by atoms with Gasteiger partial charge in [-0.15, -0.1) is 0 Å². The fourth-order valence-electron chi connectivity index (χ4n) is 2.48. The molecule has 0 atom stereocenters. The van der Waals surface area contributed by atoms with Crippen LogP contribution in [0.3, 0.4) is 0 Å². The number of likely N-dealkylation sites (N-methyl/N-ethyl adjacent to an activating group) is 2. The smallest absolute Gasteiger partial charge is 0.137 e. The van der Waals surface area contributed by atoms with Gasteiger partial charge in [0.15, 0.2) is 0 Å². The molecule has 6 heteroatoms. The highest BCUT2D eigenvalue weighted by molar-refractivity contribution is 5.31. The van der Waals surface area contributed by atoms with E-state index in [2.05, 4.69) is 41.8 Å². The van der Waals surface area contributed by atoms with Crippen molar-refractivity contribution in [2.75, 3.05) is 66.6 Å². The molecule has 0 fully saturated rings. The maximum absolute atomic E-state index is 5.88. The topological polar surface area (TPSA) is 18.5 Å². The summed E-state index contributed by atoms with van der Waals surface area (Å²) in [6.07, 6.45) is 0. The van der Waals surface area contributed by atoms with Crippen molar-refractivity contribution in [1.29, 1.82) is 0 Å². The van der Waals surface area contributed by atoms with Crippen molar-refractivity contribution in [3.63, 3.8) is 0 Å². The third-order valence-corrected chi connectivity index (χ3v) is 5.68. The molecule has 154 valence electrons. The van der Waals surface area contributed by atoms with Gasteiger partial charge in [0.1, 0.15) is 37.8 Å². The van der Waals surface area contributed by atoms with Gasteiger partial charge in [-0.3, -0.25) is 0 Å². The minimum atomic E-state index is 0. The van der Waals surface area contributed by atoms with Gasteiger partial charge in [-0.25, -0.2) is 0 Å². The fourth-order valence-corrected chi connectivity index (χ4v) is 2.48. The van der Waals surface area contributed by atoms with E-state index >= 15 is 0 Å². The molecular formula is C20H38I2N2O2. The summed E-state index contributed by atoms with van der Waals surface area (Å²) < 4.78 is 13.9. The summed E-state index contributed by atoms with van der Waals surface area (Å²) in [5.41, 5.74) is 0. The fraction of sp³-hybridized carbons (Fsp3) is 0.700. The SMILES string of the molecule is CC[N+](C)(CC)CCOc1ccc(OCC[N+](C)(CC)CC)cc1.[I-].[I-]. The monoisotopic (exact) mass is 592 g/mol. The molecule has 0 aliphatic heterocycles. The van der Waals surface area contributed by atoms with E-state index in [9.17, 15) is 0 Å². The van der Waals surface area contributed by atoms with Gasteiger partial charge in [0.2, 0.25) is 0 Å². The van der Waals surface area contributed by atoms with E-state index in [0.717, 1.165) is 72.9 Å². The lowest BCUT2D eigenvalue weighted by molar-refractivity contribution is -0.906. The molecule has 0 saturated heterocycles. The first-order valence-corrected chi connectivity index (χ1v) is 9.43. The van der Waals surface area contributed by atoms with Crippen LogP contribution < -0.4 is 57.4 Å². The van der Waals surface area contributed by atoms with Crippen LogP contribution in [0.5, 0.6) is 11.5 Å². The second-order valence-electron chi connectivity index (χ2n) is 7.12. The van der Waals surface area contributed by atoms with E-state index in [1.54, 1.807) is 0 Å². The summed E-state index contributed by atoms with van der Waals surface area (Å²) in [5.74, 6) is 1.84. The second kappa shape index (κ2) is 14.2. The lowest BCUT2D eigenvalue weighted by Gasteiger charge is -2.32. The van der Waals surface area contributed by atoms with Crippen molar-refractivity contribution in [3.05, 3.63) is 24.3 Å². The van der Waals surface area contributed by atoms with E-state index in [1.165, 1.54) is 0 Å². The highest BCUT2D eigenvalue weighted by Gasteiger charge is 2.17. The zero-order valence-electron chi connectivity index (χ0n) is 17.4. The zero-order chi connectivity index (χ0) is 18.1. The largest absolute Gasteiger partial charge is 1.00 e. The molecule has 0 saturated carbocycles. The van der Waals surface area contributed by atoms with Crippen LogP contribution in [0.25, 0.3) is 0 Å². The number of hydrogen-bond acceptors (Lipinski definition) is 2. The number of halogens is 2. The van der Waals surface area contributed by atoms with Crippen molar-refractivity contribution < 1.29 is 66.4 Å². The highest BCUT2D eigenvalue weighted by atomic mass is 127. The molecule has 0 N–H and O–H groups in total. The molecule has 1 rings (SSSR count). The first-order valence-electron chi connectivity index (χ1n) is 9.43. The van der Waals surface area contributed by atoms with Crippen LogP contribution in [0.1, 0.15) is 27.7 Å². The molecular weight excluding hydrogens is 554 g/mol. The lowest BCUT2D eigenvalue weighted by Crippen LogP contribution is -3.00. The van der Waals surface area contributed by atoms with Gasteiger partial charge in [-0.05, 0) is 52.0 Å². The Kier molecular flexibility index (Phi) is 15.6. The summed E-state index contributed by atoms with van der Waals surface area (Å²) in [5, 5.41) is 0. The van der Waals surface area contributed by atoms with Gasteiger partial charge in [-0.2, -0.15) is 0 Å². The van der Waals surface area contributed by atoms with Crippen LogP contribution in [-0.4, -0.2) is 75.5 Å². The molecule has 26 heavy (non-hydrogen) atoms. The summed E-state index contributed by atoms with van der Waals surface area (Å²) >= 11 is 0. The Labute approximate surface area is 195 Å². The number of quaternary nitrogens is 2. The van der Waals surface area contributed by atoms with Crippen molar-refractivity contribution in [3.8, 4) is 11.5 Å². The molecule has 0 aromatic heterocycles. The first-order chi connectivity index (χ1) is 11.4. The van der Waals surface area contributed by atoms with E-state index in [4.69, 9.17) is 9.47 Å². The molecule has 1 aromatic carbocycles. The van der Waals surface area contributed by atoms with Gasteiger partial charge in [-0.1, -0.05) is 0 Å². The number of rotatable bonds is 12. The Morgan fingerprint density at radius 1 is 0.615 bits per heavy atom. The average Bonchev–Trinajstić information content (AvgIpc) is 2.62. The molecule has 4 nitrogen and oxygen atoms in total. The molecule has 1 aromatic rings. The number of nitrogens with zero attached hydrogens (tertiary/aromatic N) is 2. The average molecular weight is 592 g/mol. The molecule has 0 spiro atoms. The zero-order valence-corrected chi connectivity index (χ0v) is 21.7. The Bertz CT molecular complexity index is 418. The Morgan fingerprint density at radius 3 is 1.12 bits per heavy atom. The summed E-state index contributed by atoms with van der Waals surface area (Å²) in [6, 6.07) is 8.02. The minimum Gasteiger partial charge on any atom is -1.00 e. The summed E-state index contributed by atoms with van der Waals surface area (Å²) in [4.78, 5) is 0. The Morgan fingerprint density at radius 2 is 0.885 bits per heavy atom. The normalized spacial score (nSPS) is 11.3. The van der Waals surface area contributed by atoms with Crippen LogP contribution in [0.4, 0.5) is 0 Å². The number of hydrogen-bond donors (Lipinski definition) is 0. The highest BCUT2D eigenvalue weighted by Crippen LogP contribution is 2.18. The van der Waals surface area contributed by atoms with E-state index in [-0.39, 0.29) is 48.0 Å². The van der Waals surface area contributed by atoms with Gasteiger partial charge in [0.25, 0.3) is 0 Å². The minimum absolute atomic E-state index is 0. The predicted octanol–water partition coefficient (Wildman–Crippen LogP) is -2.57. The molecule has 0 aliphatic rings.